The van der Waals surface area contributed by atoms with Crippen molar-refractivity contribution in [3.63, 3.8) is 0 Å². The molecule has 3 aromatic rings. The molecule has 0 saturated carbocycles. The Morgan fingerprint density at radius 2 is 2.10 bits per heavy atom. The van der Waals surface area contributed by atoms with Crippen LogP contribution in [0.2, 0.25) is 0 Å². The fourth-order valence-electron chi connectivity index (χ4n) is 2.72. The van der Waals surface area contributed by atoms with E-state index >= 15 is 0 Å². The zero-order chi connectivity index (χ0) is 14.8. The number of nitrogens with one attached hydrogen (secondary N) is 1. The van der Waals surface area contributed by atoms with Crippen molar-refractivity contribution in [2.45, 2.75) is 26.8 Å². The van der Waals surface area contributed by atoms with Crippen LogP contribution in [0.4, 0.5) is 0 Å². The van der Waals surface area contributed by atoms with E-state index in [4.69, 9.17) is 0 Å². The summed E-state index contributed by atoms with van der Waals surface area (Å²) in [5.41, 5.74) is 6.35. The first-order chi connectivity index (χ1) is 10.2. The van der Waals surface area contributed by atoms with Gasteiger partial charge in [-0.25, -0.2) is 0 Å². The molecule has 1 N–H and O–H groups in total. The van der Waals surface area contributed by atoms with Crippen LogP contribution in [0.1, 0.15) is 35.2 Å². The maximum Gasteiger partial charge on any atom is 0.0809 e. The summed E-state index contributed by atoms with van der Waals surface area (Å²) >= 11 is 1.75. The van der Waals surface area contributed by atoms with E-state index in [0.717, 1.165) is 12.1 Å². The van der Waals surface area contributed by atoms with Crippen molar-refractivity contribution >= 4 is 21.6 Å². The molecule has 0 aliphatic rings. The van der Waals surface area contributed by atoms with Crippen LogP contribution in [-0.2, 0) is 0 Å². The molecule has 2 nitrogen and oxygen atoms in total. The highest BCUT2D eigenvalue weighted by Gasteiger charge is 2.17. The fourth-order valence-corrected chi connectivity index (χ4v) is 3.51. The van der Waals surface area contributed by atoms with Crippen LogP contribution in [0.25, 0.3) is 10.2 Å². The zero-order valence-electron chi connectivity index (χ0n) is 12.7. The second-order valence-electron chi connectivity index (χ2n) is 5.35. The number of rotatable bonds is 4. The molecule has 1 aromatic carbocycles. The Bertz CT molecular complexity index is 761. The molecule has 0 bridgehead atoms. The van der Waals surface area contributed by atoms with Gasteiger partial charge in [0, 0.05) is 6.20 Å². The first kappa shape index (κ1) is 14.2. The molecule has 3 heteroatoms. The summed E-state index contributed by atoms with van der Waals surface area (Å²) in [6.45, 7) is 7.45. The minimum atomic E-state index is 0.203. The lowest BCUT2D eigenvalue weighted by Crippen LogP contribution is -2.23. The topological polar surface area (TPSA) is 24.9 Å². The molecule has 0 saturated heterocycles. The van der Waals surface area contributed by atoms with E-state index in [1.54, 1.807) is 11.3 Å². The van der Waals surface area contributed by atoms with Crippen molar-refractivity contribution in [2.24, 2.45) is 0 Å². The molecular weight excluding hydrogens is 276 g/mol. The molecule has 108 valence electrons. The Balaban J connectivity index is 2.10. The molecule has 0 fully saturated rings. The predicted molar refractivity (Wildman–Crippen MR) is 91.1 cm³/mol. The van der Waals surface area contributed by atoms with Gasteiger partial charge in [0.25, 0.3) is 0 Å². The highest BCUT2D eigenvalue weighted by atomic mass is 32.1. The molecule has 0 radical (unpaired) electrons. The van der Waals surface area contributed by atoms with Crippen LogP contribution >= 0.6 is 11.3 Å². The third kappa shape index (κ3) is 2.71. The number of aromatic nitrogens is 1. The van der Waals surface area contributed by atoms with E-state index in [2.05, 4.69) is 66.8 Å². The first-order valence-electron chi connectivity index (χ1n) is 7.33. The van der Waals surface area contributed by atoms with Gasteiger partial charge in [0.1, 0.15) is 0 Å². The van der Waals surface area contributed by atoms with Gasteiger partial charge in [-0.3, -0.25) is 4.98 Å². The fraction of sp³-hybridized carbons (Fsp3) is 0.278. The van der Waals surface area contributed by atoms with Crippen LogP contribution in [0.15, 0.2) is 41.9 Å². The molecule has 0 amide bonds. The number of thiophene rings is 1. The van der Waals surface area contributed by atoms with Crippen LogP contribution in [-0.4, -0.2) is 11.5 Å². The Morgan fingerprint density at radius 3 is 2.90 bits per heavy atom. The summed E-state index contributed by atoms with van der Waals surface area (Å²) in [5.74, 6) is 0. The van der Waals surface area contributed by atoms with E-state index in [-0.39, 0.29) is 6.04 Å². The smallest absolute Gasteiger partial charge is 0.0809 e. The standard InChI is InChI=1S/C18H20N2S/c1-4-19-18(15-7-5-6-12(2)13(15)3)14-10-17-16(20-11-14)8-9-21-17/h5-11,18-19H,4H2,1-3H3. The Labute approximate surface area is 129 Å². The van der Waals surface area contributed by atoms with E-state index in [1.165, 1.54) is 27.0 Å². The molecule has 1 atom stereocenters. The largest absolute Gasteiger partial charge is 0.306 e. The number of aryl methyl sites for hydroxylation is 1. The van der Waals surface area contributed by atoms with Crippen LogP contribution in [0.5, 0.6) is 0 Å². The van der Waals surface area contributed by atoms with Gasteiger partial charge in [-0.05, 0) is 60.2 Å². The summed E-state index contributed by atoms with van der Waals surface area (Å²) in [6.07, 6.45) is 2.00. The lowest BCUT2D eigenvalue weighted by molar-refractivity contribution is 0.626. The van der Waals surface area contributed by atoms with E-state index in [9.17, 15) is 0 Å². The molecule has 0 aliphatic heterocycles. The normalized spacial score (nSPS) is 12.7. The zero-order valence-corrected chi connectivity index (χ0v) is 13.5. The highest BCUT2D eigenvalue weighted by Crippen LogP contribution is 2.29. The molecule has 1 unspecified atom stereocenters. The summed E-state index contributed by atoms with van der Waals surface area (Å²) < 4.78 is 1.25. The van der Waals surface area contributed by atoms with Crippen molar-refractivity contribution < 1.29 is 0 Å². The molecule has 21 heavy (non-hydrogen) atoms. The second kappa shape index (κ2) is 5.96. The Kier molecular flexibility index (Phi) is 4.04. The number of benzene rings is 1. The van der Waals surface area contributed by atoms with Gasteiger partial charge in [-0.1, -0.05) is 25.1 Å². The van der Waals surface area contributed by atoms with Gasteiger partial charge < -0.3 is 5.32 Å². The lowest BCUT2D eigenvalue weighted by Gasteiger charge is -2.21. The van der Waals surface area contributed by atoms with Gasteiger partial charge in [0.15, 0.2) is 0 Å². The van der Waals surface area contributed by atoms with E-state index in [1.807, 2.05) is 6.20 Å². The Morgan fingerprint density at radius 1 is 1.24 bits per heavy atom. The van der Waals surface area contributed by atoms with Crippen molar-refractivity contribution in [2.75, 3.05) is 6.54 Å². The second-order valence-corrected chi connectivity index (χ2v) is 6.30. The highest BCUT2D eigenvalue weighted by molar-refractivity contribution is 7.17. The van der Waals surface area contributed by atoms with Gasteiger partial charge >= 0.3 is 0 Å². The minimum absolute atomic E-state index is 0.203. The summed E-state index contributed by atoms with van der Waals surface area (Å²) in [7, 11) is 0. The predicted octanol–water partition coefficient (Wildman–Crippen LogP) is 4.61. The molecule has 0 aliphatic carbocycles. The van der Waals surface area contributed by atoms with Gasteiger partial charge in [0.05, 0.1) is 16.3 Å². The third-order valence-electron chi connectivity index (χ3n) is 4.02. The maximum absolute atomic E-state index is 4.59. The van der Waals surface area contributed by atoms with Crippen LogP contribution in [0, 0.1) is 13.8 Å². The minimum Gasteiger partial charge on any atom is -0.306 e. The van der Waals surface area contributed by atoms with Crippen molar-refractivity contribution in [1.29, 1.82) is 0 Å². The molecule has 3 rings (SSSR count). The molecular formula is C18H20N2S. The summed E-state index contributed by atoms with van der Waals surface area (Å²) in [4.78, 5) is 4.59. The van der Waals surface area contributed by atoms with E-state index < -0.39 is 0 Å². The maximum atomic E-state index is 4.59. The quantitative estimate of drug-likeness (QED) is 0.760. The number of hydrogen-bond acceptors (Lipinski definition) is 3. The van der Waals surface area contributed by atoms with E-state index in [0.29, 0.717) is 0 Å². The van der Waals surface area contributed by atoms with Crippen LogP contribution in [0.3, 0.4) is 0 Å². The van der Waals surface area contributed by atoms with Crippen LogP contribution < -0.4 is 5.32 Å². The van der Waals surface area contributed by atoms with Gasteiger partial charge in [-0.15, -0.1) is 11.3 Å². The first-order valence-corrected chi connectivity index (χ1v) is 8.21. The van der Waals surface area contributed by atoms with Gasteiger partial charge in [-0.2, -0.15) is 0 Å². The van der Waals surface area contributed by atoms with Gasteiger partial charge in [0.2, 0.25) is 0 Å². The molecule has 0 spiro atoms. The molecule has 2 aromatic heterocycles. The monoisotopic (exact) mass is 296 g/mol. The van der Waals surface area contributed by atoms with Crippen molar-refractivity contribution in [1.82, 2.24) is 10.3 Å². The number of fused-ring (bicyclic) bond motifs is 1. The number of nitrogens with zero attached hydrogens (tertiary/aromatic N) is 1. The average Bonchev–Trinajstić information content (AvgIpc) is 2.95. The summed E-state index contributed by atoms with van der Waals surface area (Å²) in [5, 5.41) is 5.70. The Hall–Kier alpha value is -1.71. The SMILES string of the molecule is CCNC(c1cnc2ccsc2c1)c1cccc(C)c1C. The van der Waals surface area contributed by atoms with Crippen molar-refractivity contribution in [3.8, 4) is 0 Å². The lowest BCUT2D eigenvalue weighted by atomic mass is 9.93. The molecule has 2 heterocycles. The number of hydrogen-bond donors (Lipinski definition) is 1. The number of pyridine rings is 1. The average molecular weight is 296 g/mol. The van der Waals surface area contributed by atoms with Crippen molar-refractivity contribution in [3.05, 3.63) is 64.2 Å². The third-order valence-corrected chi connectivity index (χ3v) is 4.88. The summed E-state index contributed by atoms with van der Waals surface area (Å²) in [6, 6.07) is 11.1.